The minimum atomic E-state index is 0.246. The molecular weight excluding hydrogens is 248 g/mol. The topological polar surface area (TPSA) is 41.1 Å². The van der Waals surface area contributed by atoms with Gasteiger partial charge >= 0.3 is 0 Å². The van der Waals surface area contributed by atoms with Crippen LogP contribution >= 0.6 is 0 Å². The first kappa shape index (κ1) is 13.5. The number of nitrogens with one attached hydrogen (secondary N) is 2. The molecule has 3 rings (SSSR count). The monoisotopic (exact) mass is 272 g/mol. The maximum absolute atomic E-state index is 11.9. The average Bonchev–Trinajstić information content (AvgIpc) is 3.09. The molecule has 1 aliphatic carbocycles. The molecule has 108 valence electrons. The van der Waals surface area contributed by atoms with Gasteiger partial charge in [0, 0.05) is 31.1 Å². The van der Waals surface area contributed by atoms with E-state index in [0.29, 0.717) is 11.8 Å². The maximum Gasteiger partial charge on any atom is 0.220 e. The zero-order chi connectivity index (χ0) is 13.8. The van der Waals surface area contributed by atoms with Gasteiger partial charge in [-0.2, -0.15) is 0 Å². The third kappa shape index (κ3) is 3.14. The molecule has 2 N–H and O–H groups in total. The molecule has 1 aromatic carbocycles. The van der Waals surface area contributed by atoms with Gasteiger partial charge < -0.3 is 10.6 Å². The summed E-state index contributed by atoms with van der Waals surface area (Å²) in [5.74, 6) is 1.43. The summed E-state index contributed by atoms with van der Waals surface area (Å²) in [6.45, 7) is 1.80. The van der Waals surface area contributed by atoms with Gasteiger partial charge in [0.1, 0.15) is 0 Å². The van der Waals surface area contributed by atoms with Gasteiger partial charge in [-0.05, 0) is 36.8 Å². The van der Waals surface area contributed by atoms with E-state index in [1.165, 1.54) is 36.9 Å². The molecule has 1 heterocycles. The predicted octanol–water partition coefficient (Wildman–Crippen LogP) is 3.28. The molecule has 1 fully saturated rings. The van der Waals surface area contributed by atoms with Crippen LogP contribution in [0.5, 0.6) is 0 Å². The summed E-state index contributed by atoms with van der Waals surface area (Å²) in [6, 6.07) is 8.49. The lowest BCUT2D eigenvalue weighted by Crippen LogP contribution is -2.27. The number of anilines is 1. The second kappa shape index (κ2) is 6.29. The molecule has 0 saturated heterocycles. The molecule has 1 aliphatic heterocycles. The average molecular weight is 272 g/mol. The van der Waals surface area contributed by atoms with Crippen molar-refractivity contribution in [2.75, 3.05) is 18.4 Å². The van der Waals surface area contributed by atoms with Crippen LogP contribution < -0.4 is 10.6 Å². The summed E-state index contributed by atoms with van der Waals surface area (Å²) in [7, 11) is 0. The van der Waals surface area contributed by atoms with E-state index < -0.39 is 0 Å². The molecule has 2 aliphatic rings. The van der Waals surface area contributed by atoms with Gasteiger partial charge in [0.05, 0.1) is 0 Å². The molecule has 0 aromatic heterocycles. The number of carbonyl (C=O) groups excluding carboxylic acids is 1. The minimum absolute atomic E-state index is 0.246. The molecule has 1 saturated carbocycles. The predicted molar refractivity (Wildman–Crippen MR) is 81.9 cm³/mol. The Morgan fingerprint density at radius 2 is 2.05 bits per heavy atom. The van der Waals surface area contributed by atoms with E-state index in [9.17, 15) is 4.79 Å². The van der Waals surface area contributed by atoms with E-state index in [2.05, 4.69) is 34.9 Å². The fourth-order valence-corrected chi connectivity index (χ4v) is 3.55. The molecule has 20 heavy (non-hydrogen) atoms. The zero-order valence-electron chi connectivity index (χ0n) is 12.0. The highest BCUT2D eigenvalue weighted by Crippen LogP contribution is 2.32. The summed E-state index contributed by atoms with van der Waals surface area (Å²) in [5, 5.41) is 6.53. The number of rotatable bonds is 5. The van der Waals surface area contributed by atoms with E-state index >= 15 is 0 Å². The quantitative estimate of drug-likeness (QED) is 0.863. The van der Waals surface area contributed by atoms with Crippen LogP contribution in [0.1, 0.15) is 50.0 Å². The van der Waals surface area contributed by atoms with E-state index in [-0.39, 0.29) is 5.91 Å². The molecule has 1 unspecified atom stereocenters. The first-order valence-electron chi connectivity index (χ1n) is 7.92. The Hall–Kier alpha value is -1.51. The highest BCUT2D eigenvalue weighted by atomic mass is 16.1. The van der Waals surface area contributed by atoms with E-state index in [4.69, 9.17) is 0 Å². The van der Waals surface area contributed by atoms with Gasteiger partial charge in [-0.3, -0.25) is 4.79 Å². The van der Waals surface area contributed by atoms with E-state index in [1.807, 2.05) is 0 Å². The molecule has 1 atom stereocenters. The summed E-state index contributed by atoms with van der Waals surface area (Å²) in [5.41, 5.74) is 2.66. The summed E-state index contributed by atoms with van der Waals surface area (Å²) >= 11 is 0. The van der Waals surface area contributed by atoms with Crippen molar-refractivity contribution in [1.82, 2.24) is 5.32 Å². The van der Waals surface area contributed by atoms with Gasteiger partial charge in [0.2, 0.25) is 5.91 Å². The summed E-state index contributed by atoms with van der Waals surface area (Å²) in [6.07, 6.45) is 6.87. The fourth-order valence-electron chi connectivity index (χ4n) is 3.55. The fraction of sp³-hybridized carbons (Fsp3) is 0.588. The van der Waals surface area contributed by atoms with E-state index in [0.717, 1.165) is 25.9 Å². The van der Waals surface area contributed by atoms with Crippen molar-refractivity contribution in [3.8, 4) is 0 Å². The zero-order valence-corrected chi connectivity index (χ0v) is 12.0. The molecule has 3 heteroatoms. The smallest absolute Gasteiger partial charge is 0.220 e. The second-order valence-corrected chi connectivity index (χ2v) is 6.16. The van der Waals surface area contributed by atoms with Gasteiger partial charge in [-0.15, -0.1) is 0 Å². The number of fused-ring (bicyclic) bond motifs is 1. The van der Waals surface area contributed by atoms with Crippen LogP contribution in [0.25, 0.3) is 0 Å². The van der Waals surface area contributed by atoms with Crippen LogP contribution in [0.15, 0.2) is 24.3 Å². The number of carbonyl (C=O) groups is 1. The molecule has 0 radical (unpaired) electrons. The number of amides is 1. The van der Waals surface area contributed by atoms with Crippen molar-refractivity contribution in [3.63, 3.8) is 0 Å². The number of para-hydroxylation sites is 1. The van der Waals surface area contributed by atoms with Crippen molar-refractivity contribution in [2.24, 2.45) is 5.92 Å². The lowest BCUT2D eigenvalue weighted by Gasteiger charge is -2.12. The van der Waals surface area contributed by atoms with Crippen LogP contribution in [0, 0.1) is 5.92 Å². The largest absolute Gasteiger partial charge is 0.384 e. The number of benzene rings is 1. The van der Waals surface area contributed by atoms with Crippen LogP contribution in [0.4, 0.5) is 5.69 Å². The Labute approximate surface area is 121 Å². The van der Waals surface area contributed by atoms with Crippen molar-refractivity contribution >= 4 is 11.6 Å². The lowest BCUT2D eigenvalue weighted by atomic mass is 9.98. The van der Waals surface area contributed by atoms with Crippen molar-refractivity contribution in [2.45, 2.75) is 44.4 Å². The first-order valence-corrected chi connectivity index (χ1v) is 7.92. The Bertz CT molecular complexity index is 466. The summed E-state index contributed by atoms with van der Waals surface area (Å²) in [4.78, 5) is 11.9. The number of hydrogen-bond donors (Lipinski definition) is 2. The standard InChI is InChI=1S/C17H24N2O/c20-17(11-13-5-1-2-6-13)18-10-9-14-12-19-16-8-4-3-7-15(14)16/h3-4,7-8,13-14,19H,1-2,5-6,9-12H2,(H,18,20). The lowest BCUT2D eigenvalue weighted by molar-refractivity contribution is -0.121. The molecule has 1 amide bonds. The third-order valence-corrected chi connectivity index (χ3v) is 4.70. The third-order valence-electron chi connectivity index (χ3n) is 4.70. The highest BCUT2D eigenvalue weighted by Gasteiger charge is 2.22. The Balaban J connectivity index is 1.41. The van der Waals surface area contributed by atoms with Gasteiger partial charge in [0.25, 0.3) is 0 Å². The molecule has 0 spiro atoms. The highest BCUT2D eigenvalue weighted by molar-refractivity contribution is 5.76. The second-order valence-electron chi connectivity index (χ2n) is 6.16. The van der Waals surface area contributed by atoms with Gasteiger partial charge in [0.15, 0.2) is 0 Å². The SMILES string of the molecule is O=C(CC1CCCC1)NCCC1CNc2ccccc21. The van der Waals surface area contributed by atoms with Crippen LogP contribution in [0.2, 0.25) is 0 Å². The Morgan fingerprint density at radius 3 is 2.90 bits per heavy atom. The van der Waals surface area contributed by atoms with Crippen LogP contribution in [-0.4, -0.2) is 19.0 Å². The van der Waals surface area contributed by atoms with Crippen LogP contribution in [0.3, 0.4) is 0 Å². The normalized spacial score (nSPS) is 21.5. The maximum atomic E-state index is 11.9. The molecule has 0 bridgehead atoms. The Morgan fingerprint density at radius 1 is 1.25 bits per heavy atom. The van der Waals surface area contributed by atoms with Gasteiger partial charge in [-0.25, -0.2) is 0 Å². The molecular formula is C17H24N2O. The van der Waals surface area contributed by atoms with Crippen molar-refractivity contribution in [3.05, 3.63) is 29.8 Å². The van der Waals surface area contributed by atoms with Crippen LogP contribution in [-0.2, 0) is 4.79 Å². The van der Waals surface area contributed by atoms with Gasteiger partial charge in [-0.1, -0.05) is 31.0 Å². The number of hydrogen-bond acceptors (Lipinski definition) is 2. The molecule has 3 nitrogen and oxygen atoms in total. The first-order chi connectivity index (χ1) is 9.83. The Kier molecular flexibility index (Phi) is 4.24. The molecule has 1 aromatic rings. The summed E-state index contributed by atoms with van der Waals surface area (Å²) < 4.78 is 0. The van der Waals surface area contributed by atoms with Crippen molar-refractivity contribution in [1.29, 1.82) is 0 Å². The van der Waals surface area contributed by atoms with Crippen molar-refractivity contribution < 1.29 is 4.79 Å². The minimum Gasteiger partial charge on any atom is -0.384 e. The van der Waals surface area contributed by atoms with E-state index in [1.54, 1.807) is 0 Å².